The molecule has 3 heteroatoms. The Hall–Kier alpha value is -0.930. The van der Waals surface area contributed by atoms with Crippen LogP contribution in [0.3, 0.4) is 0 Å². The fraction of sp³-hybridized carbons (Fsp3) is 0.625. The molecule has 1 aromatic rings. The van der Waals surface area contributed by atoms with E-state index in [0.29, 0.717) is 19.3 Å². The number of unbranched alkanes of at least 4 members (excludes halogenated alkanes) is 1. The van der Waals surface area contributed by atoms with Crippen molar-refractivity contribution in [3.63, 3.8) is 0 Å². The van der Waals surface area contributed by atoms with Crippen molar-refractivity contribution in [1.82, 2.24) is 0 Å². The van der Waals surface area contributed by atoms with Gasteiger partial charge in [0, 0.05) is 12.5 Å². The molecule has 2 atom stereocenters. The highest BCUT2D eigenvalue weighted by Gasteiger charge is 2.40. The molecule has 0 saturated heterocycles. The van der Waals surface area contributed by atoms with Gasteiger partial charge in [-0.05, 0) is 48.9 Å². The number of aliphatic hydroxyl groups is 2. The molecule has 0 fully saturated rings. The van der Waals surface area contributed by atoms with Gasteiger partial charge in [0.25, 0.3) is 0 Å². The van der Waals surface area contributed by atoms with E-state index in [-0.39, 0.29) is 18.3 Å². The number of benzene rings is 1. The SMILES string of the molecule is CCCC[C@H]1c2ccc(F)cc2CC[C@]1(O)CCO. The van der Waals surface area contributed by atoms with E-state index in [1.54, 1.807) is 6.07 Å². The van der Waals surface area contributed by atoms with Crippen LogP contribution in [0.1, 0.15) is 56.1 Å². The predicted molar refractivity (Wildman–Crippen MR) is 73.6 cm³/mol. The summed E-state index contributed by atoms with van der Waals surface area (Å²) in [5.74, 6) is -0.190. The van der Waals surface area contributed by atoms with Crippen LogP contribution in [0.4, 0.5) is 4.39 Å². The van der Waals surface area contributed by atoms with E-state index in [1.807, 2.05) is 6.07 Å². The first kappa shape index (κ1) is 14.5. The van der Waals surface area contributed by atoms with Crippen molar-refractivity contribution in [3.8, 4) is 0 Å². The number of halogens is 1. The summed E-state index contributed by atoms with van der Waals surface area (Å²) in [6.45, 7) is 2.12. The molecule has 0 aliphatic heterocycles. The van der Waals surface area contributed by atoms with Crippen molar-refractivity contribution in [2.45, 2.75) is 57.0 Å². The van der Waals surface area contributed by atoms with Gasteiger partial charge in [-0.15, -0.1) is 0 Å². The fourth-order valence-electron chi connectivity index (χ4n) is 3.27. The summed E-state index contributed by atoms with van der Waals surface area (Å²) >= 11 is 0. The molecule has 0 amide bonds. The highest BCUT2D eigenvalue weighted by atomic mass is 19.1. The van der Waals surface area contributed by atoms with Crippen molar-refractivity contribution in [2.24, 2.45) is 0 Å². The van der Waals surface area contributed by atoms with Crippen molar-refractivity contribution >= 4 is 0 Å². The Morgan fingerprint density at radius 1 is 1.42 bits per heavy atom. The molecule has 2 nitrogen and oxygen atoms in total. The van der Waals surface area contributed by atoms with Crippen LogP contribution < -0.4 is 0 Å². The van der Waals surface area contributed by atoms with Gasteiger partial charge < -0.3 is 10.2 Å². The Labute approximate surface area is 114 Å². The van der Waals surface area contributed by atoms with Gasteiger partial charge in [0.1, 0.15) is 5.82 Å². The minimum Gasteiger partial charge on any atom is -0.396 e. The molecule has 19 heavy (non-hydrogen) atoms. The van der Waals surface area contributed by atoms with Crippen LogP contribution in [0, 0.1) is 5.82 Å². The second-order valence-corrected chi connectivity index (χ2v) is 5.62. The number of aryl methyl sites for hydroxylation is 1. The van der Waals surface area contributed by atoms with Crippen molar-refractivity contribution in [1.29, 1.82) is 0 Å². The zero-order valence-electron chi connectivity index (χ0n) is 11.5. The summed E-state index contributed by atoms with van der Waals surface area (Å²) in [6, 6.07) is 4.88. The Kier molecular flexibility index (Phi) is 4.58. The molecule has 2 rings (SSSR count). The third-order valence-electron chi connectivity index (χ3n) is 4.35. The lowest BCUT2D eigenvalue weighted by atomic mass is 9.68. The molecular weight excluding hydrogens is 243 g/mol. The zero-order chi connectivity index (χ0) is 13.9. The number of rotatable bonds is 5. The normalized spacial score (nSPS) is 26.2. The van der Waals surface area contributed by atoms with Crippen LogP contribution in [-0.2, 0) is 6.42 Å². The van der Waals surface area contributed by atoms with E-state index in [4.69, 9.17) is 0 Å². The molecule has 1 aromatic carbocycles. The highest BCUT2D eigenvalue weighted by molar-refractivity contribution is 5.36. The lowest BCUT2D eigenvalue weighted by Crippen LogP contribution is -2.41. The van der Waals surface area contributed by atoms with Crippen molar-refractivity contribution in [3.05, 3.63) is 35.1 Å². The summed E-state index contributed by atoms with van der Waals surface area (Å²) in [4.78, 5) is 0. The number of hydrogen-bond acceptors (Lipinski definition) is 2. The number of fused-ring (bicyclic) bond motifs is 1. The van der Waals surface area contributed by atoms with Crippen molar-refractivity contribution in [2.75, 3.05) is 6.61 Å². The highest BCUT2D eigenvalue weighted by Crippen LogP contribution is 2.44. The molecule has 0 saturated carbocycles. The van der Waals surface area contributed by atoms with Gasteiger partial charge in [-0.2, -0.15) is 0 Å². The summed E-state index contributed by atoms with van der Waals surface area (Å²) in [5, 5.41) is 20.0. The minimum absolute atomic E-state index is 0.00431. The average molecular weight is 266 g/mol. The van der Waals surface area contributed by atoms with Crippen LogP contribution in [0.2, 0.25) is 0 Å². The molecule has 0 spiro atoms. The topological polar surface area (TPSA) is 40.5 Å². The molecular formula is C16H23FO2. The van der Waals surface area contributed by atoms with Gasteiger partial charge in [-0.3, -0.25) is 0 Å². The summed E-state index contributed by atoms with van der Waals surface area (Å²) < 4.78 is 13.3. The molecule has 0 radical (unpaired) electrons. The molecule has 106 valence electrons. The van der Waals surface area contributed by atoms with Gasteiger partial charge in [0.15, 0.2) is 0 Å². The molecule has 0 aromatic heterocycles. The van der Waals surface area contributed by atoms with E-state index in [2.05, 4.69) is 6.92 Å². The van der Waals surface area contributed by atoms with Crippen LogP contribution in [-0.4, -0.2) is 22.4 Å². The van der Waals surface area contributed by atoms with Gasteiger partial charge in [0.2, 0.25) is 0 Å². The van der Waals surface area contributed by atoms with Gasteiger partial charge >= 0.3 is 0 Å². The maximum atomic E-state index is 13.3. The predicted octanol–water partition coefficient (Wildman–Crippen LogP) is 3.16. The molecule has 1 aliphatic rings. The largest absolute Gasteiger partial charge is 0.396 e. The number of hydrogen-bond donors (Lipinski definition) is 2. The molecule has 2 N–H and O–H groups in total. The Balaban J connectivity index is 2.34. The second kappa shape index (κ2) is 6.02. The zero-order valence-corrected chi connectivity index (χ0v) is 11.5. The Morgan fingerprint density at radius 3 is 2.89 bits per heavy atom. The Bertz CT molecular complexity index is 433. The number of aliphatic hydroxyl groups excluding tert-OH is 1. The summed E-state index contributed by atoms with van der Waals surface area (Å²) in [7, 11) is 0. The summed E-state index contributed by atoms with van der Waals surface area (Å²) in [6.07, 6.45) is 4.70. The van der Waals surface area contributed by atoms with Crippen LogP contribution in [0.25, 0.3) is 0 Å². The summed E-state index contributed by atoms with van der Waals surface area (Å²) in [5.41, 5.74) is 1.25. The van der Waals surface area contributed by atoms with Crippen molar-refractivity contribution < 1.29 is 14.6 Å². The standard InChI is InChI=1S/C16H23FO2/c1-2-3-4-15-14-6-5-13(17)11-12(14)7-8-16(15,19)9-10-18/h5-6,11,15,18-19H,2-4,7-10H2,1H3/t15-,16-/m0/s1. The maximum absolute atomic E-state index is 13.3. The quantitative estimate of drug-likeness (QED) is 0.859. The fourth-order valence-corrected chi connectivity index (χ4v) is 3.27. The van der Waals surface area contributed by atoms with E-state index in [9.17, 15) is 14.6 Å². The van der Waals surface area contributed by atoms with Crippen LogP contribution >= 0.6 is 0 Å². The minimum atomic E-state index is -0.839. The lowest BCUT2D eigenvalue weighted by Gasteiger charge is -2.41. The molecule has 1 aliphatic carbocycles. The van der Waals surface area contributed by atoms with E-state index in [1.165, 1.54) is 6.07 Å². The maximum Gasteiger partial charge on any atom is 0.123 e. The molecule has 0 unspecified atom stereocenters. The average Bonchev–Trinajstić information content (AvgIpc) is 2.38. The lowest BCUT2D eigenvalue weighted by molar-refractivity contribution is -0.0257. The van der Waals surface area contributed by atoms with Gasteiger partial charge in [0.05, 0.1) is 5.60 Å². The second-order valence-electron chi connectivity index (χ2n) is 5.62. The van der Waals surface area contributed by atoms with E-state index in [0.717, 1.165) is 30.4 Å². The van der Waals surface area contributed by atoms with Gasteiger partial charge in [-0.25, -0.2) is 4.39 Å². The first-order valence-corrected chi connectivity index (χ1v) is 7.22. The monoisotopic (exact) mass is 266 g/mol. The smallest absolute Gasteiger partial charge is 0.123 e. The third-order valence-corrected chi connectivity index (χ3v) is 4.35. The van der Waals surface area contributed by atoms with Gasteiger partial charge in [-0.1, -0.05) is 25.8 Å². The Morgan fingerprint density at radius 2 is 2.21 bits per heavy atom. The molecule has 0 heterocycles. The first-order valence-electron chi connectivity index (χ1n) is 7.22. The van der Waals surface area contributed by atoms with Crippen LogP contribution in [0.15, 0.2) is 18.2 Å². The third kappa shape index (κ3) is 2.98. The molecule has 0 bridgehead atoms. The van der Waals surface area contributed by atoms with E-state index < -0.39 is 5.60 Å². The van der Waals surface area contributed by atoms with E-state index >= 15 is 0 Å². The van der Waals surface area contributed by atoms with Crippen LogP contribution in [0.5, 0.6) is 0 Å². The first-order chi connectivity index (χ1) is 9.10.